The molecule has 0 aromatic heterocycles. The highest BCUT2D eigenvalue weighted by atomic mass is 32.1. The molecule has 0 aliphatic heterocycles. The van der Waals surface area contributed by atoms with Crippen molar-refractivity contribution in [2.75, 3.05) is 5.32 Å². The van der Waals surface area contributed by atoms with Gasteiger partial charge in [0.1, 0.15) is 0 Å². The molecule has 0 aliphatic carbocycles. The van der Waals surface area contributed by atoms with Crippen LogP contribution in [0.2, 0.25) is 0 Å². The van der Waals surface area contributed by atoms with E-state index in [1.54, 1.807) is 6.92 Å². The van der Waals surface area contributed by atoms with Gasteiger partial charge in [-0.15, -0.1) is 0 Å². The van der Waals surface area contributed by atoms with Crippen molar-refractivity contribution in [2.24, 2.45) is 0 Å². The van der Waals surface area contributed by atoms with E-state index in [4.69, 9.17) is 12.2 Å². The summed E-state index contributed by atoms with van der Waals surface area (Å²) in [6.07, 6.45) is 0.416. The number of rotatable bonds is 4. The van der Waals surface area contributed by atoms with Crippen molar-refractivity contribution in [1.82, 2.24) is 5.32 Å². The summed E-state index contributed by atoms with van der Waals surface area (Å²) in [5.74, 6) is -1.15. The highest BCUT2D eigenvalue weighted by Crippen LogP contribution is 2.04. The van der Waals surface area contributed by atoms with Gasteiger partial charge in [-0.3, -0.25) is 0 Å². The summed E-state index contributed by atoms with van der Waals surface area (Å²) in [6, 6.07) is 8.53. The van der Waals surface area contributed by atoms with E-state index < -0.39 is 12.0 Å². The van der Waals surface area contributed by atoms with Crippen LogP contribution in [-0.2, 0) is 4.79 Å². The zero-order chi connectivity index (χ0) is 12.0. The van der Waals surface area contributed by atoms with Gasteiger partial charge in [-0.2, -0.15) is 0 Å². The Labute approximate surface area is 99.7 Å². The van der Waals surface area contributed by atoms with E-state index in [0.29, 0.717) is 6.42 Å². The summed E-state index contributed by atoms with van der Waals surface area (Å²) in [4.78, 5) is 10.7. The van der Waals surface area contributed by atoms with Gasteiger partial charge in [0.15, 0.2) is 5.11 Å². The Bertz CT molecular complexity index is 368. The van der Waals surface area contributed by atoms with Crippen molar-refractivity contribution >= 4 is 29.0 Å². The number of thiocarbonyl (C=S) groups is 1. The van der Waals surface area contributed by atoms with Gasteiger partial charge in [0, 0.05) is 5.69 Å². The molecule has 0 amide bonds. The number of carboxylic acids is 1. The smallest absolute Gasteiger partial charge is 0.171 e. The second-order valence-corrected chi connectivity index (χ2v) is 3.65. The van der Waals surface area contributed by atoms with Crippen molar-refractivity contribution in [2.45, 2.75) is 19.4 Å². The average molecular weight is 237 g/mol. The monoisotopic (exact) mass is 237 g/mol. The molecule has 5 heteroatoms. The standard InChI is InChI=1S/C11H14N2O2S/c1-2-9(10(14)15)13-11(16)12-8-6-4-3-5-7-8/h3-7,9H,2H2,1H3,(H,14,15)(H2,12,13,16)/p-1/t9-/m1/s1. The van der Waals surface area contributed by atoms with E-state index in [0.717, 1.165) is 5.69 Å². The van der Waals surface area contributed by atoms with Gasteiger partial charge < -0.3 is 20.5 Å². The maximum absolute atomic E-state index is 10.7. The molecule has 1 rings (SSSR count). The predicted octanol–water partition coefficient (Wildman–Crippen LogP) is 0.501. The van der Waals surface area contributed by atoms with Crippen molar-refractivity contribution in [3.63, 3.8) is 0 Å². The van der Waals surface area contributed by atoms with Crippen LogP contribution in [0.4, 0.5) is 5.69 Å². The number of hydrogen-bond acceptors (Lipinski definition) is 3. The topological polar surface area (TPSA) is 64.2 Å². The molecule has 0 unspecified atom stereocenters. The normalized spacial score (nSPS) is 11.6. The minimum atomic E-state index is -1.15. The fourth-order valence-electron chi connectivity index (χ4n) is 1.17. The van der Waals surface area contributed by atoms with E-state index >= 15 is 0 Å². The summed E-state index contributed by atoms with van der Waals surface area (Å²) in [5, 5.41) is 16.5. The van der Waals surface area contributed by atoms with Crippen LogP contribution in [0.25, 0.3) is 0 Å². The van der Waals surface area contributed by atoms with Crippen LogP contribution in [0.1, 0.15) is 13.3 Å². The molecule has 1 aromatic carbocycles. The van der Waals surface area contributed by atoms with Crippen molar-refractivity contribution in [1.29, 1.82) is 0 Å². The highest BCUT2D eigenvalue weighted by molar-refractivity contribution is 7.80. The molecule has 0 heterocycles. The second kappa shape index (κ2) is 6.07. The van der Waals surface area contributed by atoms with Crippen molar-refractivity contribution in [3.8, 4) is 0 Å². The first-order chi connectivity index (χ1) is 7.63. The molecule has 0 fully saturated rings. The summed E-state index contributed by atoms with van der Waals surface area (Å²) in [5.41, 5.74) is 0.813. The molecule has 0 saturated carbocycles. The van der Waals surface area contributed by atoms with E-state index in [1.165, 1.54) is 0 Å². The summed E-state index contributed by atoms with van der Waals surface area (Å²) >= 11 is 4.98. The molecule has 4 nitrogen and oxygen atoms in total. The number of para-hydroxylation sites is 1. The number of anilines is 1. The summed E-state index contributed by atoms with van der Waals surface area (Å²) in [6.45, 7) is 1.75. The minimum absolute atomic E-state index is 0.280. The van der Waals surface area contributed by atoms with Gasteiger partial charge in [-0.25, -0.2) is 0 Å². The Kier molecular flexibility index (Phi) is 4.72. The molecule has 86 valence electrons. The van der Waals surface area contributed by atoms with Crippen LogP contribution >= 0.6 is 12.2 Å². The number of aliphatic carboxylic acids is 1. The van der Waals surface area contributed by atoms with Crippen LogP contribution in [0.15, 0.2) is 30.3 Å². The molecule has 2 N–H and O–H groups in total. The lowest BCUT2D eigenvalue weighted by Crippen LogP contribution is -2.48. The largest absolute Gasteiger partial charge is 0.548 e. The summed E-state index contributed by atoms with van der Waals surface area (Å²) in [7, 11) is 0. The van der Waals surface area contributed by atoms with Gasteiger partial charge in [-0.05, 0) is 30.8 Å². The molecular weight excluding hydrogens is 224 g/mol. The number of carbonyl (C=O) groups is 1. The molecule has 0 spiro atoms. The maximum Gasteiger partial charge on any atom is 0.171 e. The van der Waals surface area contributed by atoms with Gasteiger partial charge in [0.2, 0.25) is 0 Å². The quantitative estimate of drug-likeness (QED) is 0.747. The van der Waals surface area contributed by atoms with Crippen LogP contribution in [0.5, 0.6) is 0 Å². The first-order valence-electron chi connectivity index (χ1n) is 4.97. The fourth-order valence-corrected chi connectivity index (χ4v) is 1.43. The van der Waals surface area contributed by atoms with Crippen LogP contribution < -0.4 is 15.7 Å². The molecule has 16 heavy (non-hydrogen) atoms. The molecule has 0 saturated heterocycles. The summed E-state index contributed by atoms with van der Waals surface area (Å²) < 4.78 is 0. The number of nitrogens with one attached hydrogen (secondary N) is 2. The molecular formula is C11H13N2O2S-. The molecule has 1 atom stereocenters. The Balaban J connectivity index is 2.50. The third-order valence-electron chi connectivity index (χ3n) is 2.03. The first kappa shape index (κ1) is 12.4. The Morgan fingerprint density at radius 3 is 2.56 bits per heavy atom. The Hall–Kier alpha value is -1.62. The van der Waals surface area contributed by atoms with Crippen LogP contribution in [0.3, 0.4) is 0 Å². The zero-order valence-electron chi connectivity index (χ0n) is 8.90. The SMILES string of the molecule is CC[C@@H](NC(=S)Nc1ccccc1)C(=O)[O-]. The highest BCUT2D eigenvalue weighted by Gasteiger charge is 2.08. The first-order valence-corrected chi connectivity index (χ1v) is 5.37. The van der Waals surface area contributed by atoms with Crippen LogP contribution in [0, 0.1) is 0 Å². The minimum Gasteiger partial charge on any atom is -0.548 e. The van der Waals surface area contributed by atoms with Crippen molar-refractivity contribution in [3.05, 3.63) is 30.3 Å². The Morgan fingerprint density at radius 1 is 1.44 bits per heavy atom. The third-order valence-corrected chi connectivity index (χ3v) is 2.25. The number of hydrogen-bond donors (Lipinski definition) is 2. The zero-order valence-corrected chi connectivity index (χ0v) is 9.71. The Morgan fingerprint density at radius 2 is 2.06 bits per heavy atom. The van der Waals surface area contributed by atoms with Gasteiger partial charge in [-0.1, -0.05) is 25.1 Å². The molecule has 1 aromatic rings. The van der Waals surface area contributed by atoms with Gasteiger partial charge in [0.05, 0.1) is 12.0 Å². The van der Waals surface area contributed by atoms with E-state index in [1.807, 2.05) is 30.3 Å². The van der Waals surface area contributed by atoms with Crippen molar-refractivity contribution < 1.29 is 9.90 Å². The van der Waals surface area contributed by atoms with E-state index in [9.17, 15) is 9.90 Å². The van der Waals surface area contributed by atoms with Crippen LogP contribution in [-0.4, -0.2) is 17.1 Å². The third kappa shape index (κ3) is 3.86. The number of carbonyl (C=O) groups excluding carboxylic acids is 1. The average Bonchev–Trinajstić information content (AvgIpc) is 2.27. The van der Waals surface area contributed by atoms with E-state index in [-0.39, 0.29) is 5.11 Å². The fraction of sp³-hybridized carbons (Fsp3) is 0.273. The lowest BCUT2D eigenvalue weighted by molar-refractivity contribution is -0.308. The second-order valence-electron chi connectivity index (χ2n) is 3.24. The van der Waals surface area contributed by atoms with Gasteiger partial charge >= 0.3 is 0 Å². The van der Waals surface area contributed by atoms with Gasteiger partial charge in [0.25, 0.3) is 0 Å². The predicted molar refractivity (Wildman–Crippen MR) is 64.9 cm³/mol. The lowest BCUT2D eigenvalue weighted by Gasteiger charge is -2.20. The van der Waals surface area contributed by atoms with E-state index in [2.05, 4.69) is 10.6 Å². The molecule has 0 aliphatic rings. The molecule has 0 bridgehead atoms. The molecule has 0 radical (unpaired) electrons. The maximum atomic E-state index is 10.7. The number of benzene rings is 1. The number of carboxylic acid groups (broad SMARTS) is 1. The lowest BCUT2D eigenvalue weighted by atomic mass is 10.2.